The Balaban J connectivity index is 2.26. The first-order chi connectivity index (χ1) is 12.1. The third-order valence-electron chi connectivity index (χ3n) is 3.75. The number of benzene rings is 2. The molecule has 0 heterocycles. The number of hydrazine groups is 1. The summed E-state index contributed by atoms with van der Waals surface area (Å²) in [4.78, 5) is 36.3. The molecular weight excluding hydrogens is 332 g/mol. The molecule has 6 nitrogen and oxygen atoms in total. The predicted molar refractivity (Wildman–Crippen MR) is 98.0 cm³/mol. The molecule has 0 saturated carbocycles. The number of hydrogen-bond donors (Lipinski definition) is 2. The van der Waals surface area contributed by atoms with Crippen LogP contribution in [-0.4, -0.2) is 33.4 Å². The fourth-order valence-electron chi connectivity index (χ4n) is 2.36. The minimum atomic E-state index is -1.07. The van der Waals surface area contributed by atoms with Crippen LogP contribution in [0.3, 0.4) is 0 Å². The molecule has 0 bridgehead atoms. The smallest absolute Gasteiger partial charge is 0.335 e. The predicted octanol–water partition coefficient (Wildman–Crippen LogP) is 3.28. The molecule has 0 unspecified atom stereocenters. The van der Waals surface area contributed by atoms with Gasteiger partial charge in [0, 0.05) is 11.1 Å². The summed E-state index contributed by atoms with van der Waals surface area (Å²) in [5.74, 6) is -1.88. The first-order valence-electron chi connectivity index (χ1n) is 8.15. The minimum Gasteiger partial charge on any atom is -0.478 e. The molecule has 0 aliphatic carbocycles. The highest BCUT2D eigenvalue weighted by Crippen LogP contribution is 2.17. The summed E-state index contributed by atoms with van der Waals surface area (Å²) in [6, 6.07) is 12.7. The zero-order chi connectivity index (χ0) is 19.5. The van der Waals surface area contributed by atoms with E-state index >= 15 is 0 Å². The monoisotopic (exact) mass is 354 g/mol. The van der Waals surface area contributed by atoms with Gasteiger partial charge in [-0.15, -0.1) is 0 Å². The van der Waals surface area contributed by atoms with Crippen LogP contribution in [0, 0.1) is 6.92 Å². The summed E-state index contributed by atoms with van der Waals surface area (Å²) < 4.78 is 0. The van der Waals surface area contributed by atoms with Gasteiger partial charge in [0.2, 0.25) is 0 Å². The number of nitrogens with one attached hydrogen (secondary N) is 1. The maximum absolute atomic E-state index is 12.9. The Kier molecular flexibility index (Phi) is 5.45. The average Bonchev–Trinajstić information content (AvgIpc) is 2.58. The van der Waals surface area contributed by atoms with Crippen LogP contribution in [0.1, 0.15) is 57.4 Å². The standard InChI is InChI=1S/C20H22N2O4/c1-13-6-5-7-16(12-13)18(24)22(20(2,3)4)21-17(23)14-8-10-15(11-9-14)19(25)26/h5-12H,1-4H3,(H,21,23)(H,25,26). The van der Waals surface area contributed by atoms with Gasteiger partial charge in [-0.25, -0.2) is 9.80 Å². The van der Waals surface area contributed by atoms with Gasteiger partial charge in [0.05, 0.1) is 11.1 Å². The van der Waals surface area contributed by atoms with Gasteiger partial charge in [-0.05, 0) is 64.1 Å². The largest absolute Gasteiger partial charge is 0.478 e. The maximum atomic E-state index is 12.9. The van der Waals surface area contributed by atoms with Crippen molar-refractivity contribution in [2.24, 2.45) is 0 Å². The van der Waals surface area contributed by atoms with E-state index in [0.29, 0.717) is 5.56 Å². The molecule has 2 N–H and O–H groups in total. The van der Waals surface area contributed by atoms with E-state index in [9.17, 15) is 14.4 Å². The van der Waals surface area contributed by atoms with Crippen LogP contribution in [0.25, 0.3) is 0 Å². The molecular formula is C20H22N2O4. The third-order valence-corrected chi connectivity index (χ3v) is 3.75. The number of aromatic carboxylic acids is 1. The topological polar surface area (TPSA) is 86.7 Å². The average molecular weight is 354 g/mol. The number of amides is 2. The number of carbonyl (C=O) groups excluding carboxylic acids is 2. The van der Waals surface area contributed by atoms with Gasteiger partial charge in [0.1, 0.15) is 0 Å². The number of carboxylic acids is 1. The fraction of sp³-hybridized carbons (Fsp3) is 0.250. The van der Waals surface area contributed by atoms with Gasteiger partial charge in [0.15, 0.2) is 0 Å². The molecule has 2 aromatic rings. The summed E-state index contributed by atoms with van der Waals surface area (Å²) in [7, 11) is 0. The molecule has 2 rings (SSSR count). The Bertz CT molecular complexity index is 836. The van der Waals surface area contributed by atoms with E-state index in [2.05, 4.69) is 5.43 Å². The third kappa shape index (κ3) is 4.47. The highest BCUT2D eigenvalue weighted by atomic mass is 16.4. The molecule has 6 heteroatoms. The first kappa shape index (κ1) is 19.2. The molecule has 2 aromatic carbocycles. The van der Waals surface area contributed by atoms with E-state index in [1.807, 2.05) is 33.8 Å². The van der Waals surface area contributed by atoms with Crippen molar-refractivity contribution in [3.8, 4) is 0 Å². The number of carboxylic acid groups (broad SMARTS) is 1. The van der Waals surface area contributed by atoms with Crippen LogP contribution in [0.2, 0.25) is 0 Å². The molecule has 26 heavy (non-hydrogen) atoms. The zero-order valence-corrected chi connectivity index (χ0v) is 15.2. The number of carbonyl (C=O) groups is 3. The summed E-state index contributed by atoms with van der Waals surface area (Å²) in [5, 5.41) is 10.2. The molecule has 0 spiro atoms. The second-order valence-corrected chi connectivity index (χ2v) is 7.00. The molecule has 0 atom stereocenters. The van der Waals surface area contributed by atoms with E-state index in [1.165, 1.54) is 29.3 Å². The van der Waals surface area contributed by atoms with Crippen LogP contribution in [0.15, 0.2) is 48.5 Å². The van der Waals surface area contributed by atoms with Crippen molar-refractivity contribution in [2.75, 3.05) is 0 Å². The Labute approximate surface area is 152 Å². The van der Waals surface area contributed by atoms with Crippen LogP contribution < -0.4 is 5.43 Å². The van der Waals surface area contributed by atoms with Gasteiger partial charge in [0.25, 0.3) is 11.8 Å². The normalized spacial score (nSPS) is 10.9. The van der Waals surface area contributed by atoms with Crippen molar-refractivity contribution in [3.63, 3.8) is 0 Å². The summed E-state index contributed by atoms with van der Waals surface area (Å²) >= 11 is 0. The van der Waals surface area contributed by atoms with Crippen LogP contribution in [0.4, 0.5) is 0 Å². The van der Waals surface area contributed by atoms with E-state index in [4.69, 9.17) is 5.11 Å². The van der Waals surface area contributed by atoms with E-state index in [1.54, 1.807) is 18.2 Å². The second kappa shape index (κ2) is 7.39. The van der Waals surface area contributed by atoms with Crippen molar-refractivity contribution in [3.05, 3.63) is 70.8 Å². The number of aryl methyl sites for hydroxylation is 1. The summed E-state index contributed by atoms with van der Waals surface area (Å²) in [6.07, 6.45) is 0. The fourth-order valence-corrected chi connectivity index (χ4v) is 2.36. The summed E-state index contributed by atoms with van der Waals surface area (Å²) in [6.45, 7) is 7.33. The molecule has 0 saturated heterocycles. The van der Waals surface area contributed by atoms with E-state index in [-0.39, 0.29) is 17.0 Å². The van der Waals surface area contributed by atoms with Gasteiger partial charge < -0.3 is 5.11 Å². The van der Waals surface area contributed by atoms with Crippen LogP contribution in [0.5, 0.6) is 0 Å². The Morgan fingerprint density at radius 2 is 1.50 bits per heavy atom. The Morgan fingerprint density at radius 3 is 2.00 bits per heavy atom. The van der Waals surface area contributed by atoms with Gasteiger partial charge in [-0.1, -0.05) is 17.7 Å². The highest BCUT2D eigenvalue weighted by molar-refractivity contribution is 6.00. The lowest BCUT2D eigenvalue weighted by molar-refractivity contribution is 0.0358. The molecule has 0 aliphatic rings. The zero-order valence-electron chi connectivity index (χ0n) is 15.2. The SMILES string of the molecule is Cc1cccc(C(=O)N(NC(=O)c2ccc(C(=O)O)cc2)C(C)(C)C)c1. The lowest BCUT2D eigenvalue weighted by Gasteiger charge is -2.35. The van der Waals surface area contributed by atoms with Crippen molar-refractivity contribution in [1.82, 2.24) is 10.4 Å². The molecule has 2 amide bonds. The summed E-state index contributed by atoms with van der Waals surface area (Å²) in [5.41, 5.74) is 3.75. The molecule has 0 aromatic heterocycles. The van der Waals surface area contributed by atoms with Crippen molar-refractivity contribution >= 4 is 17.8 Å². The van der Waals surface area contributed by atoms with Gasteiger partial charge in [-0.3, -0.25) is 15.0 Å². The molecule has 136 valence electrons. The first-order valence-corrected chi connectivity index (χ1v) is 8.15. The van der Waals surface area contributed by atoms with Crippen molar-refractivity contribution < 1.29 is 19.5 Å². The van der Waals surface area contributed by atoms with Crippen LogP contribution >= 0.6 is 0 Å². The Hall–Kier alpha value is -3.15. The number of nitrogens with zero attached hydrogens (tertiary/aromatic N) is 1. The molecule has 0 aliphatic heterocycles. The highest BCUT2D eigenvalue weighted by Gasteiger charge is 2.29. The van der Waals surface area contributed by atoms with Gasteiger partial charge in [-0.2, -0.15) is 0 Å². The second-order valence-electron chi connectivity index (χ2n) is 7.00. The molecule has 0 radical (unpaired) electrons. The Morgan fingerprint density at radius 1 is 0.923 bits per heavy atom. The van der Waals surface area contributed by atoms with Crippen molar-refractivity contribution in [2.45, 2.75) is 33.2 Å². The minimum absolute atomic E-state index is 0.0880. The molecule has 0 fully saturated rings. The number of hydrogen-bond acceptors (Lipinski definition) is 3. The quantitative estimate of drug-likeness (QED) is 0.828. The van der Waals surface area contributed by atoms with E-state index in [0.717, 1.165) is 5.56 Å². The van der Waals surface area contributed by atoms with Crippen molar-refractivity contribution in [1.29, 1.82) is 0 Å². The lowest BCUT2D eigenvalue weighted by Crippen LogP contribution is -2.55. The maximum Gasteiger partial charge on any atom is 0.335 e. The van der Waals surface area contributed by atoms with E-state index < -0.39 is 17.4 Å². The number of rotatable bonds is 3. The lowest BCUT2D eigenvalue weighted by atomic mass is 10.1. The van der Waals surface area contributed by atoms with Gasteiger partial charge >= 0.3 is 5.97 Å². The van der Waals surface area contributed by atoms with Crippen LogP contribution in [-0.2, 0) is 0 Å².